The molecule has 4 nitrogen and oxygen atoms in total. The van der Waals surface area contributed by atoms with Crippen molar-refractivity contribution in [3.05, 3.63) is 111 Å². The van der Waals surface area contributed by atoms with Gasteiger partial charge in [-0.05, 0) is 23.8 Å². The molecule has 0 aromatic heterocycles. The predicted molar refractivity (Wildman–Crippen MR) is 133 cm³/mol. The van der Waals surface area contributed by atoms with Gasteiger partial charge in [0.2, 0.25) is 0 Å². The second-order valence-corrected chi connectivity index (χ2v) is 9.48. The molecule has 0 saturated carbocycles. The summed E-state index contributed by atoms with van der Waals surface area (Å²) in [6, 6.07) is 33.4. The zero-order valence-corrected chi connectivity index (χ0v) is 24.3. The molecule has 184 valence electrons. The van der Waals surface area contributed by atoms with Crippen molar-refractivity contribution in [1.82, 2.24) is 4.90 Å². The molecule has 0 saturated heterocycles. The van der Waals surface area contributed by atoms with Gasteiger partial charge in [-0.3, -0.25) is 0 Å². The number of rotatable bonds is 5. The first kappa shape index (κ1) is 37.8. The Kier molecular flexibility index (Phi) is 27.5. The van der Waals surface area contributed by atoms with E-state index in [1.165, 1.54) is 15.9 Å². The molecule has 0 aliphatic heterocycles. The first-order chi connectivity index (χ1) is 16.5. The molecule has 3 aromatic carbocycles. The standard InChI is InChI=1S/C18H15P.C7H14N.3CO.Fe.HI/c1-4-10-16(11-5-1)19(17-12-6-2-7-13-17)18-14-8-3-9-15-18;1-6(2)8(5)7(3)4;3*1-2;;/h1-15H;6-7H,1-4H3;;;;;1H/q;;;;;+1;/p-1. The van der Waals surface area contributed by atoms with Crippen molar-refractivity contribution in [2.45, 2.75) is 39.8 Å². The van der Waals surface area contributed by atoms with E-state index in [0.717, 1.165) is 0 Å². The van der Waals surface area contributed by atoms with E-state index in [2.05, 4.69) is 164 Å². The minimum absolute atomic E-state index is 0. The summed E-state index contributed by atoms with van der Waals surface area (Å²) in [6.07, 6.45) is 0. The molecule has 0 fully saturated rings. The monoisotopic (exact) mass is 641 g/mol. The van der Waals surface area contributed by atoms with Crippen molar-refractivity contribution >= 4 is 23.8 Å². The third-order valence-electron chi connectivity index (χ3n) is 4.25. The number of nitrogens with zero attached hydrogens (tertiary/aromatic N) is 1. The zero-order chi connectivity index (χ0) is 26.4. The van der Waals surface area contributed by atoms with Gasteiger partial charge in [0.15, 0.2) is 0 Å². The molecule has 3 aromatic rings. The van der Waals surface area contributed by atoms with Crippen molar-refractivity contribution in [2.75, 3.05) is 0 Å². The summed E-state index contributed by atoms with van der Waals surface area (Å²) >= 11 is 3.60. The van der Waals surface area contributed by atoms with Gasteiger partial charge in [-0.1, -0.05) is 91.0 Å². The largest absolute Gasteiger partial charge is 1.00 e. The van der Waals surface area contributed by atoms with Gasteiger partial charge in [0.05, 0.1) is 0 Å². The maximum absolute atomic E-state index is 7.50. The van der Waals surface area contributed by atoms with E-state index in [1.54, 1.807) is 0 Å². The second-order valence-electron chi connectivity index (χ2n) is 7.02. The van der Waals surface area contributed by atoms with E-state index in [4.69, 9.17) is 14.0 Å². The minimum Gasteiger partial charge on any atom is -1.00 e. The van der Waals surface area contributed by atoms with Crippen LogP contribution in [0.15, 0.2) is 91.0 Å². The van der Waals surface area contributed by atoms with Gasteiger partial charge >= 0.3 is 98.8 Å². The summed E-state index contributed by atoms with van der Waals surface area (Å²) in [5.41, 5.74) is 0. The maximum atomic E-state index is 7.50. The van der Waals surface area contributed by atoms with Crippen LogP contribution in [0.2, 0.25) is 0 Å². The van der Waals surface area contributed by atoms with E-state index in [0.29, 0.717) is 12.1 Å². The Balaban J connectivity index is -0.000000548. The molecule has 0 spiro atoms. The quantitative estimate of drug-likeness (QED) is 0.105. The molecule has 0 aliphatic rings. The normalized spacial score (nSPS) is 8.74. The van der Waals surface area contributed by atoms with Crippen LogP contribution in [0.1, 0.15) is 27.7 Å². The molecule has 0 radical (unpaired) electrons. The van der Waals surface area contributed by atoms with Crippen LogP contribution in [0, 0.1) is 24.8 Å². The molecule has 0 N–H and O–H groups in total. The van der Waals surface area contributed by atoms with E-state index in [9.17, 15) is 0 Å². The Morgan fingerprint density at radius 1 is 0.600 bits per heavy atom. The molecule has 35 heavy (non-hydrogen) atoms. The zero-order valence-electron chi connectivity index (χ0n) is 20.2. The summed E-state index contributed by atoms with van der Waals surface area (Å²) in [5, 5.41) is 4.19. The summed E-state index contributed by atoms with van der Waals surface area (Å²) < 4.78 is 22.5. The smallest absolute Gasteiger partial charge is 0.0134 e. The SMILES string of the molecule is CC(C)N([C]#[Fe+])C(C)C.[C-]#[O+].[C-]#[O+].[C-]#[O+].[I-].c1ccc(P(c2ccccc2)c2ccccc2)cc1. The van der Waals surface area contributed by atoms with Crippen molar-refractivity contribution in [2.24, 2.45) is 0 Å². The average molecular weight is 641 g/mol. The molecule has 0 amide bonds. The Morgan fingerprint density at radius 3 is 0.971 bits per heavy atom. The molecule has 0 bridgehead atoms. The molecule has 0 aliphatic carbocycles. The number of hydrogen-bond donors (Lipinski definition) is 0. The average Bonchev–Trinajstić information content (AvgIpc) is 2.90. The first-order valence-electron chi connectivity index (χ1n) is 10.2. The Morgan fingerprint density at radius 2 is 0.829 bits per heavy atom. The molecule has 0 heterocycles. The molecular weight excluding hydrogens is 612 g/mol. The van der Waals surface area contributed by atoms with Crippen LogP contribution in [0.3, 0.4) is 0 Å². The van der Waals surface area contributed by atoms with Crippen molar-refractivity contribution < 1.29 is 53.3 Å². The molecule has 7 heteroatoms. The number of halogens is 1. The first-order valence-corrected chi connectivity index (χ1v) is 12.1. The second kappa shape index (κ2) is 25.4. The minimum atomic E-state index is -0.446. The van der Waals surface area contributed by atoms with Gasteiger partial charge in [0.25, 0.3) is 0 Å². The van der Waals surface area contributed by atoms with Crippen LogP contribution >= 0.6 is 7.92 Å². The van der Waals surface area contributed by atoms with Gasteiger partial charge in [-0.15, -0.1) is 0 Å². The van der Waals surface area contributed by atoms with Gasteiger partial charge in [-0.2, -0.15) is 0 Å². The van der Waals surface area contributed by atoms with E-state index in [1.807, 2.05) is 0 Å². The summed E-state index contributed by atoms with van der Waals surface area (Å²) in [5.74, 6) is 0. The van der Waals surface area contributed by atoms with Crippen LogP contribution < -0.4 is 39.9 Å². The predicted octanol–water partition coefficient (Wildman–Crippen LogP) is 1.90. The number of benzene rings is 3. The summed E-state index contributed by atoms with van der Waals surface area (Å²) in [6.45, 7) is 22.0. The third-order valence-corrected chi connectivity index (χ3v) is 6.98. The molecule has 0 atom stereocenters. The third kappa shape index (κ3) is 15.1. The summed E-state index contributed by atoms with van der Waals surface area (Å²) in [7, 11) is -0.446. The van der Waals surface area contributed by atoms with Crippen LogP contribution in [0.25, 0.3) is 0 Å². The molecular formula is C28H29FeINO3P. The Bertz CT molecular complexity index is 873. The molecule has 0 unspecified atom stereocenters. The fourth-order valence-electron chi connectivity index (χ4n) is 2.96. The van der Waals surface area contributed by atoms with Crippen LogP contribution in [0.5, 0.6) is 0 Å². The van der Waals surface area contributed by atoms with Crippen LogP contribution in [0.4, 0.5) is 0 Å². The number of hydrogen-bond acceptors (Lipinski definition) is 1. The maximum Gasteiger partial charge on any atom is -0.0134 e. The Labute approximate surface area is 236 Å². The topological polar surface area (TPSA) is 62.9 Å². The van der Waals surface area contributed by atoms with Gasteiger partial charge in [-0.25, -0.2) is 0 Å². The van der Waals surface area contributed by atoms with Crippen molar-refractivity contribution in [3.8, 4) is 4.85 Å². The van der Waals surface area contributed by atoms with Gasteiger partial charge in [0.1, 0.15) is 0 Å². The van der Waals surface area contributed by atoms with Gasteiger partial charge in [0, 0.05) is 0 Å². The molecule has 3 rings (SSSR count). The fourth-order valence-corrected chi connectivity index (χ4v) is 5.83. The van der Waals surface area contributed by atoms with Crippen molar-refractivity contribution in [1.29, 1.82) is 0 Å². The van der Waals surface area contributed by atoms with Gasteiger partial charge < -0.3 is 24.0 Å². The van der Waals surface area contributed by atoms with E-state index in [-0.39, 0.29) is 24.0 Å². The van der Waals surface area contributed by atoms with Crippen LogP contribution in [-0.2, 0) is 29.3 Å². The summed E-state index contributed by atoms with van der Waals surface area (Å²) in [4.78, 5) is 4.98. The fraction of sp³-hybridized carbons (Fsp3) is 0.214. The van der Waals surface area contributed by atoms with E-state index >= 15 is 0 Å². The van der Waals surface area contributed by atoms with E-state index < -0.39 is 7.92 Å². The Hall–Kier alpha value is -1.70. The van der Waals surface area contributed by atoms with Crippen LogP contribution in [-0.4, -0.2) is 17.0 Å². The van der Waals surface area contributed by atoms with Crippen molar-refractivity contribution in [3.63, 3.8) is 0 Å².